The molecule has 150 valence electrons. The number of aryl methyl sites for hydroxylation is 1. The van der Waals surface area contributed by atoms with Crippen molar-refractivity contribution in [2.75, 3.05) is 46.8 Å². The first kappa shape index (κ1) is 19.9. The van der Waals surface area contributed by atoms with Crippen molar-refractivity contribution in [2.45, 2.75) is 51.0 Å². The maximum atomic E-state index is 12.8. The fraction of sp³-hybridized carbons (Fsp3) is 0.750. The molecule has 2 saturated heterocycles. The van der Waals surface area contributed by atoms with E-state index in [2.05, 4.69) is 34.7 Å². The number of nitrogens with zero attached hydrogens (tertiary/aromatic N) is 5. The number of carbonyl (C=O) groups excluding carboxylic acids is 2. The normalized spacial score (nSPS) is 21.1. The summed E-state index contributed by atoms with van der Waals surface area (Å²) in [6.45, 7) is 4.47. The third kappa shape index (κ3) is 5.31. The van der Waals surface area contributed by atoms with E-state index in [1.165, 1.54) is 0 Å². The molecule has 27 heavy (non-hydrogen) atoms. The molecule has 1 aromatic rings. The zero-order chi connectivity index (χ0) is 19.2. The van der Waals surface area contributed by atoms with E-state index in [1.807, 2.05) is 11.1 Å². The summed E-state index contributed by atoms with van der Waals surface area (Å²) in [5.41, 5.74) is 0. The van der Waals surface area contributed by atoms with Gasteiger partial charge in [0.2, 0.25) is 11.8 Å². The Morgan fingerprint density at radius 1 is 1.26 bits per heavy atom. The molecule has 0 spiro atoms. The Morgan fingerprint density at radius 3 is 2.89 bits per heavy atom. The van der Waals surface area contributed by atoms with Gasteiger partial charge in [0.25, 0.3) is 0 Å². The first-order valence-electron chi connectivity index (χ1n) is 10.3. The molecule has 0 N–H and O–H groups in total. The molecule has 3 heterocycles. The topological polar surface area (TPSA) is 61.7 Å². The van der Waals surface area contributed by atoms with Gasteiger partial charge in [-0.2, -0.15) is 0 Å². The van der Waals surface area contributed by atoms with Gasteiger partial charge in [-0.1, -0.05) is 0 Å². The van der Waals surface area contributed by atoms with Crippen LogP contribution in [0.15, 0.2) is 12.4 Å². The van der Waals surface area contributed by atoms with Crippen molar-refractivity contribution in [3.05, 3.63) is 18.2 Å². The van der Waals surface area contributed by atoms with Crippen molar-refractivity contribution in [1.29, 1.82) is 0 Å². The molecule has 0 aliphatic carbocycles. The minimum atomic E-state index is 0.0839. The van der Waals surface area contributed by atoms with Crippen LogP contribution >= 0.6 is 0 Å². The number of piperidine rings is 2. The Hall–Kier alpha value is -1.89. The third-order valence-electron chi connectivity index (χ3n) is 5.64. The first-order chi connectivity index (χ1) is 13.0. The number of aromatic nitrogens is 2. The second-order valence-corrected chi connectivity index (χ2v) is 8.09. The van der Waals surface area contributed by atoms with Gasteiger partial charge in [0.15, 0.2) is 0 Å². The average molecular weight is 376 g/mol. The monoisotopic (exact) mass is 375 g/mol. The summed E-state index contributed by atoms with van der Waals surface area (Å²) in [7, 11) is 4.18. The molecule has 0 aromatic carbocycles. The predicted octanol–water partition coefficient (Wildman–Crippen LogP) is 1.55. The largest absolute Gasteiger partial charge is 0.340 e. The second kappa shape index (κ2) is 9.35. The third-order valence-corrected chi connectivity index (χ3v) is 5.64. The lowest BCUT2D eigenvalue weighted by Gasteiger charge is -2.35. The molecule has 0 unspecified atom stereocenters. The van der Waals surface area contributed by atoms with E-state index in [0.29, 0.717) is 13.0 Å². The van der Waals surface area contributed by atoms with Gasteiger partial charge in [0.1, 0.15) is 5.82 Å². The molecule has 0 bridgehead atoms. The van der Waals surface area contributed by atoms with Crippen LogP contribution in [-0.4, -0.2) is 82.9 Å². The molecule has 2 aliphatic rings. The summed E-state index contributed by atoms with van der Waals surface area (Å²) in [6.07, 6.45) is 9.61. The van der Waals surface area contributed by atoms with E-state index in [9.17, 15) is 9.59 Å². The van der Waals surface area contributed by atoms with Gasteiger partial charge < -0.3 is 19.3 Å². The number of imidazole rings is 1. The first-order valence-corrected chi connectivity index (χ1v) is 10.3. The van der Waals surface area contributed by atoms with Crippen LogP contribution in [0.4, 0.5) is 0 Å². The van der Waals surface area contributed by atoms with Gasteiger partial charge in [-0.15, -0.1) is 0 Å². The Bertz CT molecular complexity index is 642. The summed E-state index contributed by atoms with van der Waals surface area (Å²) in [5, 5.41) is 0. The lowest BCUT2D eigenvalue weighted by Crippen LogP contribution is -2.47. The van der Waals surface area contributed by atoms with Crippen molar-refractivity contribution in [3.63, 3.8) is 0 Å². The van der Waals surface area contributed by atoms with Crippen LogP contribution in [0.3, 0.4) is 0 Å². The van der Waals surface area contributed by atoms with Crippen molar-refractivity contribution >= 4 is 11.8 Å². The molecule has 3 rings (SSSR count). The molecule has 7 heteroatoms. The van der Waals surface area contributed by atoms with Crippen LogP contribution in [0.25, 0.3) is 0 Å². The van der Waals surface area contributed by atoms with E-state index >= 15 is 0 Å². The molecule has 0 radical (unpaired) electrons. The molecule has 2 amide bonds. The Balaban J connectivity index is 1.57. The van der Waals surface area contributed by atoms with Crippen molar-refractivity contribution in [3.8, 4) is 0 Å². The van der Waals surface area contributed by atoms with E-state index in [0.717, 1.165) is 64.1 Å². The van der Waals surface area contributed by atoms with Gasteiger partial charge in [-0.05, 0) is 52.7 Å². The second-order valence-electron chi connectivity index (χ2n) is 8.09. The lowest BCUT2D eigenvalue weighted by molar-refractivity contribution is -0.142. The standard InChI is InChI=1S/C20H33N5O2/c1-22(2)10-6-13-23-14-9-21-20(23)17-7-5-12-24(15-17)19(27)16-25-11-4-3-8-18(25)26/h9,14,17H,3-8,10-13,15-16H2,1-2H3/t17-/m0/s1. The molecule has 1 aromatic heterocycles. The van der Waals surface area contributed by atoms with Crippen LogP contribution < -0.4 is 0 Å². The lowest BCUT2D eigenvalue weighted by atomic mass is 9.97. The number of amides is 2. The van der Waals surface area contributed by atoms with E-state index in [1.54, 1.807) is 4.90 Å². The minimum absolute atomic E-state index is 0.0839. The highest BCUT2D eigenvalue weighted by Gasteiger charge is 2.29. The Labute approximate surface area is 162 Å². The summed E-state index contributed by atoms with van der Waals surface area (Å²) >= 11 is 0. The Kier molecular flexibility index (Phi) is 6.88. The van der Waals surface area contributed by atoms with Crippen LogP contribution in [-0.2, 0) is 16.1 Å². The number of rotatable bonds is 7. The average Bonchev–Trinajstić information content (AvgIpc) is 3.12. The highest BCUT2D eigenvalue weighted by atomic mass is 16.2. The maximum Gasteiger partial charge on any atom is 0.242 e. The zero-order valence-corrected chi connectivity index (χ0v) is 16.8. The minimum Gasteiger partial charge on any atom is -0.340 e. The highest BCUT2D eigenvalue weighted by molar-refractivity contribution is 5.85. The van der Waals surface area contributed by atoms with Crippen LogP contribution in [0.5, 0.6) is 0 Å². The molecular formula is C20H33N5O2. The zero-order valence-electron chi connectivity index (χ0n) is 16.8. The molecule has 2 fully saturated rings. The smallest absolute Gasteiger partial charge is 0.242 e. The number of hydrogen-bond donors (Lipinski definition) is 0. The summed E-state index contributed by atoms with van der Waals surface area (Å²) in [4.78, 5) is 35.2. The van der Waals surface area contributed by atoms with Crippen molar-refractivity contribution in [2.24, 2.45) is 0 Å². The SMILES string of the molecule is CN(C)CCCn1ccnc1[C@H]1CCCN(C(=O)CN2CCCCC2=O)C1. The molecular weight excluding hydrogens is 342 g/mol. The number of carbonyl (C=O) groups is 2. The molecule has 7 nitrogen and oxygen atoms in total. The predicted molar refractivity (Wildman–Crippen MR) is 104 cm³/mol. The number of hydrogen-bond acceptors (Lipinski definition) is 4. The van der Waals surface area contributed by atoms with Crippen LogP contribution in [0.2, 0.25) is 0 Å². The van der Waals surface area contributed by atoms with Gasteiger partial charge in [0.05, 0.1) is 6.54 Å². The summed E-state index contributed by atoms with van der Waals surface area (Å²) in [5.74, 6) is 1.59. The summed E-state index contributed by atoms with van der Waals surface area (Å²) < 4.78 is 2.25. The van der Waals surface area contributed by atoms with E-state index < -0.39 is 0 Å². The van der Waals surface area contributed by atoms with Gasteiger partial charge in [0, 0.05) is 50.9 Å². The molecule has 1 atom stereocenters. The van der Waals surface area contributed by atoms with Crippen LogP contribution in [0.1, 0.15) is 50.3 Å². The maximum absolute atomic E-state index is 12.8. The van der Waals surface area contributed by atoms with Gasteiger partial charge in [-0.25, -0.2) is 4.98 Å². The van der Waals surface area contributed by atoms with Crippen molar-refractivity contribution < 1.29 is 9.59 Å². The highest BCUT2D eigenvalue weighted by Crippen LogP contribution is 2.26. The number of likely N-dealkylation sites (tertiary alicyclic amines) is 2. The van der Waals surface area contributed by atoms with Gasteiger partial charge in [-0.3, -0.25) is 9.59 Å². The molecule has 0 saturated carbocycles. The van der Waals surface area contributed by atoms with Crippen LogP contribution in [0, 0.1) is 0 Å². The van der Waals surface area contributed by atoms with Gasteiger partial charge >= 0.3 is 0 Å². The fourth-order valence-electron chi connectivity index (χ4n) is 4.13. The molecule has 2 aliphatic heterocycles. The fourth-order valence-corrected chi connectivity index (χ4v) is 4.13. The van der Waals surface area contributed by atoms with E-state index in [-0.39, 0.29) is 24.3 Å². The summed E-state index contributed by atoms with van der Waals surface area (Å²) in [6, 6.07) is 0. The van der Waals surface area contributed by atoms with Crippen molar-refractivity contribution in [1.82, 2.24) is 24.3 Å². The Morgan fingerprint density at radius 2 is 2.11 bits per heavy atom. The quantitative estimate of drug-likeness (QED) is 0.726. The van der Waals surface area contributed by atoms with E-state index in [4.69, 9.17) is 0 Å².